The van der Waals surface area contributed by atoms with Gasteiger partial charge in [0.25, 0.3) is 5.69 Å². The smallest absolute Gasteiger partial charge is 0.273 e. The van der Waals surface area contributed by atoms with Gasteiger partial charge in [-0.2, -0.15) is 0 Å². The lowest BCUT2D eigenvalue weighted by molar-refractivity contribution is -0.385. The molecule has 1 N–H and O–H groups in total. The Morgan fingerprint density at radius 3 is 2.67 bits per heavy atom. The van der Waals surface area contributed by atoms with Gasteiger partial charge in [0.05, 0.1) is 11.0 Å². The van der Waals surface area contributed by atoms with Gasteiger partial charge in [0.2, 0.25) is 0 Å². The predicted molar refractivity (Wildman–Crippen MR) is 82.6 cm³/mol. The van der Waals surface area contributed by atoms with Crippen molar-refractivity contribution in [2.45, 2.75) is 52.2 Å². The predicted octanol–water partition coefficient (Wildman–Crippen LogP) is 3.53. The minimum absolute atomic E-state index is 0.0775. The van der Waals surface area contributed by atoms with E-state index in [-0.39, 0.29) is 22.1 Å². The van der Waals surface area contributed by atoms with Gasteiger partial charge < -0.3 is 10.1 Å². The summed E-state index contributed by atoms with van der Waals surface area (Å²) in [5, 5.41) is 14.4. The fraction of sp³-hybridized carbons (Fsp3) is 0.625. The number of nitrogens with zero attached hydrogens (tertiary/aromatic N) is 1. The zero-order valence-electron chi connectivity index (χ0n) is 13.0. The van der Waals surface area contributed by atoms with Crippen molar-refractivity contribution in [3.63, 3.8) is 0 Å². The molecule has 1 fully saturated rings. The third-order valence-electron chi connectivity index (χ3n) is 4.86. The topological polar surface area (TPSA) is 64.4 Å². The van der Waals surface area contributed by atoms with E-state index in [4.69, 9.17) is 4.74 Å². The first-order valence-electron chi connectivity index (χ1n) is 7.71. The quantitative estimate of drug-likeness (QED) is 0.617. The molecule has 0 spiro atoms. The van der Waals surface area contributed by atoms with Crippen molar-refractivity contribution in [3.8, 4) is 5.75 Å². The highest BCUT2D eigenvalue weighted by atomic mass is 16.6. The van der Waals surface area contributed by atoms with Crippen LogP contribution in [0.15, 0.2) is 24.3 Å². The number of nitrogens with one attached hydrogen (secondary N) is 1. The maximum atomic E-state index is 10.8. The lowest BCUT2D eigenvalue weighted by atomic mass is 9.58. The molecule has 0 saturated heterocycles. The maximum Gasteiger partial charge on any atom is 0.273 e. The second kappa shape index (κ2) is 6.43. The van der Waals surface area contributed by atoms with Crippen LogP contribution in [0.4, 0.5) is 5.69 Å². The number of nitro benzene ring substituents is 1. The van der Waals surface area contributed by atoms with Crippen molar-refractivity contribution >= 4 is 5.69 Å². The van der Waals surface area contributed by atoms with Crippen LogP contribution in [0.3, 0.4) is 0 Å². The SMILES string of the molecule is CCNC1CC(Oc2cccc([N+](=O)[O-])c2)C1(CC)CC. The fourth-order valence-corrected chi connectivity index (χ4v) is 3.48. The van der Waals surface area contributed by atoms with Crippen LogP contribution in [-0.2, 0) is 0 Å². The van der Waals surface area contributed by atoms with Crippen molar-refractivity contribution in [2.75, 3.05) is 6.54 Å². The summed E-state index contributed by atoms with van der Waals surface area (Å²) in [5.74, 6) is 0.593. The van der Waals surface area contributed by atoms with E-state index in [1.165, 1.54) is 12.1 Å². The molecule has 1 saturated carbocycles. The maximum absolute atomic E-state index is 10.8. The van der Waals surface area contributed by atoms with Gasteiger partial charge in [-0.1, -0.05) is 26.8 Å². The molecule has 2 rings (SSSR count). The summed E-state index contributed by atoms with van der Waals surface area (Å²) in [6.07, 6.45) is 3.17. The van der Waals surface area contributed by atoms with Crippen LogP contribution >= 0.6 is 0 Å². The van der Waals surface area contributed by atoms with Gasteiger partial charge in [0.15, 0.2) is 0 Å². The molecule has 1 aromatic rings. The summed E-state index contributed by atoms with van der Waals surface area (Å²) in [7, 11) is 0. The fourth-order valence-electron chi connectivity index (χ4n) is 3.48. The van der Waals surface area contributed by atoms with E-state index < -0.39 is 0 Å². The Bertz CT molecular complexity index is 500. The summed E-state index contributed by atoms with van der Waals surface area (Å²) in [5.41, 5.74) is 0.203. The number of ether oxygens (including phenoxy) is 1. The molecule has 5 heteroatoms. The Morgan fingerprint density at radius 2 is 2.10 bits per heavy atom. The van der Waals surface area contributed by atoms with E-state index in [0.717, 1.165) is 25.8 Å². The van der Waals surface area contributed by atoms with Gasteiger partial charge in [-0.25, -0.2) is 0 Å². The van der Waals surface area contributed by atoms with Gasteiger partial charge in [0.1, 0.15) is 11.9 Å². The molecule has 0 aliphatic heterocycles. The van der Waals surface area contributed by atoms with Crippen LogP contribution in [0.1, 0.15) is 40.0 Å². The average Bonchev–Trinajstić information content (AvgIpc) is 2.48. The summed E-state index contributed by atoms with van der Waals surface area (Å²) in [6.45, 7) is 7.45. The molecule has 2 unspecified atom stereocenters. The summed E-state index contributed by atoms with van der Waals surface area (Å²) in [6, 6.07) is 6.94. The third-order valence-corrected chi connectivity index (χ3v) is 4.86. The molecule has 0 aromatic heterocycles. The van der Waals surface area contributed by atoms with Gasteiger partial charge in [-0.3, -0.25) is 10.1 Å². The van der Waals surface area contributed by atoms with E-state index >= 15 is 0 Å². The second-order valence-corrected chi connectivity index (χ2v) is 5.65. The molecule has 1 aromatic carbocycles. The molecular formula is C16H24N2O3. The van der Waals surface area contributed by atoms with Gasteiger partial charge in [-0.05, 0) is 25.5 Å². The normalized spacial score (nSPS) is 23.4. The van der Waals surface area contributed by atoms with Crippen LogP contribution in [0, 0.1) is 15.5 Å². The van der Waals surface area contributed by atoms with E-state index in [2.05, 4.69) is 26.1 Å². The Morgan fingerprint density at radius 1 is 1.38 bits per heavy atom. The molecule has 21 heavy (non-hydrogen) atoms. The minimum Gasteiger partial charge on any atom is -0.489 e. The monoisotopic (exact) mass is 292 g/mol. The zero-order valence-corrected chi connectivity index (χ0v) is 13.0. The third kappa shape index (κ3) is 2.88. The van der Waals surface area contributed by atoms with Crippen molar-refractivity contribution in [3.05, 3.63) is 34.4 Å². The Balaban J connectivity index is 2.12. The van der Waals surface area contributed by atoms with Crippen molar-refractivity contribution < 1.29 is 9.66 Å². The molecule has 5 nitrogen and oxygen atoms in total. The van der Waals surface area contributed by atoms with Crippen molar-refractivity contribution in [1.29, 1.82) is 0 Å². The van der Waals surface area contributed by atoms with E-state index in [0.29, 0.717) is 11.8 Å². The molecular weight excluding hydrogens is 268 g/mol. The van der Waals surface area contributed by atoms with Crippen LogP contribution in [0.5, 0.6) is 5.75 Å². The molecule has 0 radical (unpaired) electrons. The lowest BCUT2D eigenvalue weighted by Crippen LogP contribution is -2.64. The summed E-state index contributed by atoms with van der Waals surface area (Å²) in [4.78, 5) is 10.5. The Labute approximate surface area is 125 Å². The highest BCUT2D eigenvalue weighted by Gasteiger charge is 2.53. The first-order valence-corrected chi connectivity index (χ1v) is 7.71. The summed E-state index contributed by atoms with van der Waals surface area (Å²) >= 11 is 0. The van der Waals surface area contributed by atoms with Crippen molar-refractivity contribution in [2.24, 2.45) is 5.41 Å². The Hall–Kier alpha value is -1.62. The molecule has 1 aliphatic rings. The first kappa shape index (κ1) is 15.8. The molecule has 2 atom stereocenters. The van der Waals surface area contributed by atoms with Gasteiger partial charge in [0, 0.05) is 23.9 Å². The van der Waals surface area contributed by atoms with Crippen LogP contribution < -0.4 is 10.1 Å². The average molecular weight is 292 g/mol. The van der Waals surface area contributed by atoms with E-state index in [1.54, 1.807) is 12.1 Å². The van der Waals surface area contributed by atoms with Gasteiger partial charge in [-0.15, -0.1) is 0 Å². The molecule has 116 valence electrons. The minimum atomic E-state index is -0.387. The second-order valence-electron chi connectivity index (χ2n) is 5.65. The molecule has 0 amide bonds. The Kier molecular flexibility index (Phi) is 4.83. The highest BCUT2D eigenvalue weighted by molar-refractivity contribution is 5.38. The van der Waals surface area contributed by atoms with Gasteiger partial charge >= 0.3 is 0 Å². The number of hydrogen-bond acceptors (Lipinski definition) is 4. The number of non-ortho nitro benzene ring substituents is 1. The molecule has 0 heterocycles. The summed E-state index contributed by atoms with van der Waals surface area (Å²) < 4.78 is 6.07. The highest BCUT2D eigenvalue weighted by Crippen LogP contribution is 2.49. The van der Waals surface area contributed by atoms with Crippen molar-refractivity contribution in [1.82, 2.24) is 5.32 Å². The largest absolute Gasteiger partial charge is 0.489 e. The number of benzene rings is 1. The van der Waals surface area contributed by atoms with Crippen LogP contribution in [0.25, 0.3) is 0 Å². The zero-order chi connectivity index (χ0) is 15.5. The van der Waals surface area contributed by atoms with E-state index in [1.807, 2.05) is 0 Å². The first-order chi connectivity index (χ1) is 10.1. The van der Waals surface area contributed by atoms with Crippen LogP contribution in [-0.4, -0.2) is 23.6 Å². The number of hydrogen-bond donors (Lipinski definition) is 1. The van der Waals surface area contributed by atoms with Crippen LogP contribution in [0.2, 0.25) is 0 Å². The molecule has 0 bridgehead atoms. The lowest BCUT2D eigenvalue weighted by Gasteiger charge is -2.55. The molecule has 1 aliphatic carbocycles. The number of rotatable bonds is 7. The number of nitro groups is 1. The van der Waals surface area contributed by atoms with E-state index in [9.17, 15) is 10.1 Å². The standard InChI is InChI=1S/C16H24N2O3/c1-4-16(5-2)14(17-6-3)11-15(16)21-13-9-7-8-12(10-13)18(19)20/h7-10,14-15,17H,4-6,11H2,1-3H3.